The Labute approximate surface area is 223 Å². The van der Waals surface area contributed by atoms with Crippen LogP contribution in [-0.4, -0.2) is 23.9 Å². The molecule has 1 aliphatic heterocycles. The maximum Gasteiger partial charge on any atom is 0.416 e. The van der Waals surface area contributed by atoms with E-state index in [1.807, 2.05) is 0 Å². The third kappa shape index (κ3) is 5.20. The van der Waals surface area contributed by atoms with Gasteiger partial charge in [0.05, 0.1) is 24.6 Å². The lowest BCUT2D eigenvalue weighted by Gasteiger charge is -2.41. The van der Waals surface area contributed by atoms with Gasteiger partial charge in [0.1, 0.15) is 5.75 Å². The van der Waals surface area contributed by atoms with E-state index in [-0.39, 0.29) is 12.5 Å². The number of nitrogens with zero attached hydrogens (tertiary/aromatic N) is 2. The van der Waals surface area contributed by atoms with E-state index in [0.29, 0.717) is 33.7 Å². The predicted octanol–water partition coefficient (Wildman–Crippen LogP) is 5.91. The number of ether oxygens (including phenoxy) is 1. The second-order valence-electron chi connectivity index (χ2n) is 9.09. The minimum Gasteiger partial charge on any atom is -0.497 e. The fraction of sp³-hybridized carbons (Fsp3) is 0.167. The molecule has 4 aromatic rings. The molecule has 39 heavy (non-hydrogen) atoms. The summed E-state index contributed by atoms with van der Waals surface area (Å²) >= 11 is 0. The Kier molecular flexibility index (Phi) is 7.06. The standard InChI is InChI=1S/C30H24F3N3O3/c1-39-23-13-11-22(12-14-23)36-27(20-7-5-15-34-18-20)26(24-9-2-3-10-25(24)29(36)38)28(37)35-17-19-6-4-8-21(16-19)30(31,32)33/h2-16,18,26-27H,17H2,1H3,(H,35,37)/t26-,27+/m1/s1. The average molecular weight is 532 g/mol. The van der Waals surface area contributed by atoms with Crippen LogP contribution in [0.1, 0.15) is 44.6 Å². The number of halogens is 3. The molecule has 3 aromatic carbocycles. The molecular formula is C30H24F3N3O3. The summed E-state index contributed by atoms with van der Waals surface area (Å²) < 4.78 is 44.9. The van der Waals surface area contributed by atoms with Gasteiger partial charge in [-0.1, -0.05) is 36.4 Å². The number of carbonyl (C=O) groups is 2. The predicted molar refractivity (Wildman–Crippen MR) is 139 cm³/mol. The third-order valence-corrected chi connectivity index (χ3v) is 6.72. The molecule has 2 amide bonds. The number of methoxy groups -OCH3 is 1. The molecule has 0 fully saturated rings. The Hall–Kier alpha value is -4.66. The van der Waals surface area contributed by atoms with E-state index in [1.165, 1.54) is 12.1 Å². The summed E-state index contributed by atoms with van der Waals surface area (Å²) in [6, 6.07) is 21.4. The monoisotopic (exact) mass is 531 g/mol. The molecule has 0 bridgehead atoms. The second kappa shape index (κ2) is 10.6. The van der Waals surface area contributed by atoms with Gasteiger partial charge < -0.3 is 10.1 Å². The Morgan fingerprint density at radius 2 is 1.77 bits per heavy atom. The van der Waals surface area contributed by atoms with Crippen molar-refractivity contribution in [3.8, 4) is 5.75 Å². The number of amides is 2. The summed E-state index contributed by atoms with van der Waals surface area (Å²) in [6.45, 7) is -0.113. The Balaban J connectivity index is 1.57. The van der Waals surface area contributed by atoms with Crippen molar-refractivity contribution in [3.63, 3.8) is 0 Å². The van der Waals surface area contributed by atoms with Gasteiger partial charge in [0.2, 0.25) is 5.91 Å². The molecule has 1 aromatic heterocycles. The Bertz CT molecular complexity index is 1490. The molecule has 6 nitrogen and oxygen atoms in total. The zero-order valence-electron chi connectivity index (χ0n) is 20.9. The Morgan fingerprint density at radius 1 is 1.00 bits per heavy atom. The number of benzene rings is 3. The van der Waals surface area contributed by atoms with Crippen molar-refractivity contribution in [1.82, 2.24) is 10.3 Å². The van der Waals surface area contributed by atoms with Crippen LogP contribution in [0.3, 0.4) is 0 Å². The summed E-state index contributed by atoms with van der Waals surface area (Å²) in [4.78, 5) is 33.5. The lowest BCUT2D eigenvalue weighted by molar-refractivity contribution is -0.137. The molecular weight excluding hydrogens is 507 g/mol. The number of pyridine rings is 1. The first-order valence-electron chi connectivity index (χ1n) is 12.2. The maximum absolute atomic E-state index is 13.9. The second-order valence-corrected chi connectivity index (χ2v) is 9.09. The molecule has 0 saturated heterocycles. The normalized spacial score (nSPS) is 16.9. The summed E-state index contributed by atoms with van der Waals surface area (Å²) in [7, 11) is 1.54. The van der Waals surface area contributed by atoms with Crippen LogP contribution in [0.4, 0.5) is 18.9 Å². The van der Waals surface area contributed by atoms with Crippen LogP contribution < -0.4 is 15.0 Å². The van der Waals surface area contributed by atoms with Crippen molar-refractivity contribution in [1.29, 1.82) is 0 Å². The zero-order chi connectivity index (χ0) is 27.6. The van der Waals surface area contributed by atoms with Crippen molar-refractivity contribution < 1.29 is 27.5 Å². The van der Waals surface area contributed by atoms with Crippen molar-refractivity contribution in [2.75, 3.05) is 12.0 Å². The van der Waals surface area contributed by atoms with Gasteiger partial charge in [0.15, 0.2) is 0 Å². The average Bonchev–Trinajstić information content (AvgIpc) is 2.96. The van der Waals surface area contributed by atoms with Gasteiger partial charge in [-0.05, 0) is 65.2 Å². The number of carbonyl (C=O) groups excluding carboxylic acids is 2. The van der Waals surface area contributed by atoms with Crippen molar-refractivity contribution in [3.05, 3.63) is 125 Å². The van der Waals surface area contributed by atoms with E-state index in [4.69, 9.17) is 4.74 Å². The molecule has 0 aliphatic carbocycles. The topological polar surface area (TPSA) is 71.5 Å². The minimum absolute atomic E-state index is 0.113. The largest absolute Gasteiger partial charge is 0.497 e. The van der Waals surface area contributed by atoms with E-state index in [1.54, 1.807) is 85.1 Å². The molecule has 2 atom stereocenters. The summed E-state index contributed by atoms with van der Waals surface area (Å²) in [5, 5.41) is 2.81. The summed E-state index contributed by atoms with van der Waals surface area (Å²) in [5.74, 6) is -0.973. The molecule has 0 saturated carbocycles. The van der Waals surface area contributed by atoms with Gasteiger partial charge in [-0.25, -0.2) is 0 Å². The lowest BCUT2D eigenvalue weighted by Crippen LogP contribution is -2.47. The van der Waals surface area contributed by atoms with Crippen molar-refractivity contribution >= 4 is 17.5 Å². The van der Waals surface area contributed by atoms with E-state index >= 15 is 0 Å². The first kappa shape index (κ1) is 26.0. The van der Waals surface area contributed by atoms with Gasteiger partial charge in [0.25, 0.3) is 5.91 Å². The van der Waals surface area contributed by atoms with Crippen molar-refractivity contribution in [2.24, 2.45) is 0 Å². The van der Waals surface area contributed by atoms with Gasteiger partial charge in [-0.15, -0.1) is 0 Å². The van der Waals surface area contributed by atoms with Crippen LogP contribution in [-0.2, 0) is 17.5 Å². The minimum atomic E-state index is -4.49. The van der Waals surface area contributed by atoms with Crippen LogP contribution in [0.15, 0.2) is 97.3 Å². The molecule has 0 unspecified atom stereocenters. The van der Waals surface area contributed by atoms with E-state index in [0.717, 1.165) is 12.1 Å². The number of hydrogen-bond acceptors (Lipinski definition) is 4. The van der Waals surface area contributed by atoms with E-state index in [2.05, 4.69) is 10.3 Å². The highest BCUT2D eigenvalue weighted by Gasteiger charge is 2.45. The zero-order valence-corrected chi connectivity index (χ0v) is 20.9. The number of alkyl halides is 3. The fourth-order valence-corrected chi connectivity index (χ4v) is 4.89. The SMILES string of the molecule is COc1ccc(N2C(=O)c3ccccc3[C@@H](C(=O)NCc3cccc(C(F)(F)F)c3)[C@@H]2c2cccnc2)cc1. The summed E-state index contributed by atoms with van der Waals surface area (Å²) in [6.07, 6.45) is -1.29. The Morgan fingerprint density at radius 3 is 2.46 bits per heavy atom. The number of fused-ring (bicyclic) bond motifs is 1. The number of hydrogen-bond donors (Lipinski definition) is 1. The van der Waals surface area contributed by atoms with Gasteiger partial charge in [-0.2, -0.15) is 13.2 Å². The molecule has 0 spiro atoms. The summed E-state index contributed by atoms with van der Waals surface area (Å²) in [5.41, 5.74) is 1.61. The van der Waals surface area contributed by atoms with Crippen LogP contribution in [0.2, 0.25) is 0 Å². The molecule has 9 heteroatoms. The molecule has 1 N–H and O–H groups in total. The highest BCUT2D eigenvalue weighted by atomic mass is 19.4. The molecule has 5 rings (SSSR count). The molecule has 198 valence electrons. The van der Waals surface area contributed by atoms with Gasteiger partial charge in [0, 0.05) is 30.2 Å². The van der Waals surface area contributed by atoms with Crippen LogP contribution in [0, 0.1) is 0 Å². The molecule has 2 heterocycles. The van der Waals surface area contributed by atoms with Crippen LogP contribution in [0.25, 0.3) is 0 Å². The number of anilines is 1. The smallest absolute Gasteiger partial charge is 0.416 e. The van der Waals surface area contributed by atoms with Crippen LogP contribution >= 0.6 is 0 Å². The lowest BCUT2D eigenvalue weighted by atomic mass is 9.79. The van der Waals surface area contributed by atoms with Gasteiger partial charge in [-0.3, -0.25) is 19.5 Å². The van der Waals surface area contributed by atoms with Gasteiger partial charge >= 0.3 is 6.18 Å². The van der Waals surface area contributed by atoms with Crippen molar-refractivity contribution in [2.45, 2.75) is 24.7 Å². The number of rotatable bonds is 6. The van der Waals surface area contributed by atoms with Crippen LogP contribution in [0.5, 0.6) is 5.75 Å². The number of aromatic nitrogens is 1. The first-order chi connectivity index (χ1) is 18.8. The first-order valence-corrected chi connectivity index (χ1v) is 12.2. The van der Waals surface area contributed by atoms with E-state index < -0.39 is 29.6 Å². The molecule has 0 radical (unpaired) electrons. The highest BCUT2D eigenvalue weighted by molar-refractivity contribution is 6.11. The number of nitrogens with one attached hydrogen (secondary N) is 1. The highest BCUT2D eigenvalue weighted by Crippen LogP contribution is 2.45. The molecule has 1 aliphatic rings. The maximum atomic E-state index is 13.9. The quantitative estimate of drug-likeness (QED) is 0.336. The van der Waals surface area contributed by atoms with E-state index in [9.17, 15) is 22.8 Å². The third-order valence-electron chi connectivity index (χ3n) is 6.72. The fourth-order valence-electron chi connectivity index (χ4n) is 4.89.